The van der Waals surface area contributed by atoms with E-state index in [0.717, 1.165) is 31.7 Å². The van der Waals surface area contributed by atoms with Gasteiger partial charge in [-0.3, -0.25) is 0 Å². The molecular formula is C10H13NO. The molecular weight excluding hydrogens is 150 g/mol. The molecule has 2 nitrogen and oxygen atoms in total. The first-order chi connectivity index (χ1) is 5.86. The summed E-state index contributed by atoms with van der Waals surface area (Å²) >= 11 is 0. The molecule has 1 aromatic carbocycles. The minimum absolute atomic E-state index is 0.830. The van der Waals surface area contributed by atoms with Crippen LogP contribution < -0.4 is 5.73 Å². The van der Waals surface area contributed by atoms with Crippen molar-refractivity contribution in [3.05, 3.63) is 29.3 Å². The van der Waals surface area contributed by atoms with Crippen LogP contribution in [0.5, 0.6) is 0 Å². The van der Waals surface area contributed by atoms with Gasteiger partial charge in [-0.05, 0) is 36.1 Å². The zero-order chi connectivity index (χ0) is 8.39. The number of rotatable bonds is 0. The topological polar surface area (TPSA) is 35.2 Å². The van der Waals surface area contributed by atoms with E-state index < -0.39 is 0 Å². The summed E-state index contributed by atoms with van der Waals surface area (Å²) in [5.41, 5.74) is 9.29. The van der Waals surface area contributed by atoms with Gasteiger partial charge in [0, 0.05) is 5.69 Å². The van der Waals surface area contributed by atoms with E-state index in [-0.39, 0.29) is 0 Å². The Morgan fingerprint density at radius 1 is 1.08 bits per heavy atom. The summed E-state index contributed by atoms with van der Waals surface area (Å²) < 4.78 is 5.38. The Morgan fingerprint density at radius 3 is 2.67 bits per heavy atom. The largest absolute Gasteiger partial charge is 0.399 e. The van der Waals surface area contributed by atoms with Crippen LogP contribution in [-0.4, -0.2) is 13.2 Å². The highest BCUT2D eigenvalue weighted by Gasteiger charge is 2.06. The van der Waals surface area contributed by atoms with Crippen molar-refractivity contribution in [1.29, 1.82) is 0 Å². The van der Waals surface area contributed by atoms with Crippen LogP contribution in [0.2, 0.25) is 0 Å². The number of benzene rings is 1. The van der Waals surface area contributed by atoms with Gasteiger partial charge >= 0.3 is 0 Å². The predicted molar refractivity (Wildman–Crippen MR) is 49.1 cm³/mol. The molecule has 0 fully saturated rings. The van der Waals surface area contributed by atoms with Gasteiger partial charge in [0.2, 0.25) is 0 Å². The Bertz CT molecular complexity index is 283. The van der Waals surface area contributed by atoms with Crippen LogP contribution in [0.25, 0.3) is 0 Å². The van der Waals surface area contributed by atoms with Crippen LogP contribution in [0.3, 0.4) is 0 Å². The minimum Gasteiger partial charge on any atom is -0.399 e. The average Bonchev–Trinajstić information content (AvgIpc) is 2.28. The first kappa shape index (κ1) is 7.62. The average molecular weight is 163 g/mol. The molecule has 0 aromatic heterocycles. The second-order valence-electron chi connectivity index (χ2n) is 3.14. The van der Waals surface area contributed by atoms with Gasteiger partial charge in [-0.15, -0.1) is 0 Å². The molecule has 0 unspecified atom stereocenters. The molecule has 0 spiro atoms. The lowest BCUT2D eigenvalue weighted by atomic mass is 10.0. The highest BCUT2D eigenvalue weighted by atomic mass is 16.5. The number of hydrogen-bond acceptors (Lipinski definition) is 2. The van der Waals surface area contributed by atoms with Gasteiger partial charge in [0.25, 0.3) is 0 Å². The van der Waals surface area contributed by atoms with Crippen molar-refractivity contribution in [3.63, 3.8) is 0 Å². The molecule has 0 bridgehead atoms. The van der Waals surface area contributed by atoms with Crippen molar-refractivity contribution in [1.82, 2.24) is 0 Å². The van der Waals surface area contributed by atoms with Gasteiger partial charge in [-0.1, -0.05) is 6.07 Å². The van der Waals surface area contributed by atoms with Crippen LogP contribution in [0, 0.1) is 0 Å². The minimum atomic E-state index is 0.830. The second-order valence-corrected chi connectivity index (χ2v) is 3.14. The van der Waals surface area contributed by atoms with Gasteiger partial charge in [0.1, 0.15) is 0 Å². The summed E-state index contributed by atoms with van der Waals surface area (Å²) in [7, 11) is 0. The molecule has 0 amide bonds. The van der Waals surface area contributed by atoms with Crippen LogP contribution in [-0.2, 0) is 17.6 Å². The van der Waals surface area contributed by atoms with Crippen molar-refractivity contribution in [2.75, 3.05) is 18.9 Å². The molecule has 2 heteroatoms. The second kappa shape index (κ2) is 3.15. The van der Waals surface area contributed by atoms with E-state index in [9.17, 15) is 0 Å². The van der Waals surface area contributed by atoms with Crippen LogP contribution in [0.15, 0.2) is 18.2 Å². The standard InChI is InChI=1S/C10H13NO/c11-10-2-1-8-3-5-12-6-4-9(8)7-10/h1-2,7H,3-6,11H2. The Kier molecular flexibility index (Phi) is 2.00. The summed E-state index contributed by atoms with van der Waals surface area (Å²) in [4.78, 5) is 0. The van der Waals surface area contributed by atoms with Crippen molar-refractivity contribution in [2.45, 2.75) is 12.8 Å². The molecule has 1 aliphatic heterocycles. The van der Waals surface area contributed by atoms with Gasteiger partial charge in [-0.25, -0.2) is 0 Å². The van der Waals surface area contributed by atoms with Crippen molar-refractivity contribution >= 4 is 5.69 Å². The number of hydrogen-bond donors (Lipinski definition) is 1. The Morgan fingerprint density at radius 2 is 1.83 bits per heavy atom. The van der Waals surface area contributed by atoms with E-state index in [1.54, 1.807) is 0 Å². The third-order valence-electron chi connectivity index (χ3n) is 2.26. The number of fused-ring (bicyclic) bond motifs is 1. The number of ether oxygens (including phenoxy) is 1. The fraction of sp³-hybridized carbons (Fsp3) is 0.400. The first-order valence-electron chi connectivity index (χ1n) is 4.31. The normalized spacial score (nSPS) is 16.7. The van der Waals surface area contributed by atoms with Gasteiger partial charge in [-0.2, -0.15) is 0 Å². The van der Waals surface area contributed by atoms with Crippen LogP contribution in [0.1, 0.15) is 11.1 Å². The Labute approximate surface area is 72.3 Å². The lowest BCUT2D eigenvalue weighted by molar-refractivity contribution is 0.146. The summed E-state index contributed by atoms with van der Waals surface area (Å²) in [6.45, 7) is 1.67. The monoisotopic (exact) mass is 163 g/mol. The van der Waals surface area contributed by atoms with Gasteiger partial charge in [0.05, 0.1) is 13.2 Å². The molecule has 1 aromatic rings. The lowest BCUT2D eigenvalue weighted by Gasteiger charge is -2.04. The molecule has 0 radical (unpaired) electrons. The maximum absolute atomic E-state index is 5.69. The molecule has 0 atom stereocenters. The molecule has 2 N–H and O–H groups in total. The van der Waals surface area contributed by atoms with E-state index >= 15 is 0 Å². The van der Waals surface area contributed by atoms with Crippen LogP contribution >= 0.6 is 0 Å². The lowest BCUT2D eigenvalue weighted by Crippen LogP contribution is -1.95. The maximum atomic E-state index is 5.69. The highest BCUT2D eigenvalue weighted by molar-refractivity contribution is 5.45. The zero-order valence-corrected chi connectivity index (χ0v) is 7.05. The fourth-order valence-corrected chi connectivity index (χ4v) is 1.59. The van der Waals surface area contributed by atoms with E-state index in [4.69, 9.17) is 10.5 Å². The van der Waals surface area contributed by atoms with Gasteiger partial charge in [0.15, 0.2) is 0 Å². The van der Waals surface area contributed by atoms with Crippen molar-refractivity contribution in [2.24, 2.45) is 0 Å². The predicted octanol–water partition coefficient (Wildman–Crippen LogP) is 1.38. The highest BCUT2D eigenvalue weighted by Crippen LogP contribution is 2.17. The van der Waals surface area contributed by atoms with E-state index in [0.29, 0.717) is 0 Å². The van der Waals surface area contributed by atoms with Crippen molar-refractivity contribution in [3.8, 4) is 0 Å². The van der Waals surface area contributed by atoms with E-state index in [1.165, 1.54) is 11.1 Å². The third-order valence-corrected chi connectivity index (χ3v) is 2.26. The summed E-state index contributed by atoms with van der Waals surface area (Å²) in [5.74, 6) is 0. The Hall–Kier alpha value is -1.02. The molecule has 0 aliphatic carbocycles. The fourth-order valence-electron chi connectivity index (χ4n) is 1.59. The molecule has 64 valence electrons. The zero-order valence-electron chi connectivity index (χ0n) is 7.05. The van der Waals surface area contributed by atoms with Crippen molar-refractivity contribution < 1.29 is 4.74 Å². The molecule has 1 aliphatic rings. The third kappa shape index (κ3) is 1.43. The van der Waals surface area contributed by atoms with Gasteiger partial charge < -0.3 is 10.5 Å². The first-order valence-corrected chi connectivity index (χ1v) is 4.31. The molecule has 0 saturated heterocycles. The molecule has 1 heterocycles. The summed E-state index contributed by atoms with van der Waals surface area (Å²) in [6, 6.07) is 6.13. The summed E-state index contributed by atoms with van der Waals surface area (Å²) in [5, 5.41) is 0. The van der Waals surface area contributed by atoms with E-state index in [1.807, 2.05) is 6.07 Å². The SMILES string of the molecule is Nc1ccc2c(c1)CCOCC2. The smallest absolute Gasteiger partial charge is 0.0506 e. The van der Waals surface area contributed by atoms with Crippen LogP contribution in [0.4, 0.5) is 5.69 Å². The molecule has 12 heavy (non-hydrogen) atoms. The summed E-state index contributed by atoms with van der Waals surface area (Å²) in [6.07, 6.45) is 2.02. The number of nitrogens with two attached hydrogens (primary N) is 1. The van der Waals surface area contributed by atoms with E-state index in [2.05, 4.69) is 12.1 Å². The molecule has 2 rings (SSSR count). The quantitative estimate of drug-likeness (QED) is 0.586. The molecule has 0 saturated carbocycles. The Balaban J connectivity index is 2.36. The number of anilines is 1. The maximum Gasteiger partial charge on any atom is 0.0506 e. The number of nitrogen functional groups attached to an aromatic ring is 1.